The fourth-order valence-electron chi connectivity index (χ4n) is 1.46. The quantitative estimate of drug-likeness (QED) is 0.593. The molecule has 13 heavy (non-hydrogen) atoms. The van der Waals surface area contributed by atoms with Crippen molar-refractivity contribution in [3.05, 3.63) is 12.7 Å². The van der Waals surface area contributed by atoms with Gasteiger partial charge in [0.1, 0.15) is 0 Å². The molecule has 0 radical (unpaired) electrons. The lowest BCUT2D eigenvalue weighted by Crippen LogP contribution is -2.20. The molecule has 0 heterocycles. The number of carboxylic acid groups (broad SMARTS) is 1. The molecule has 0 unspecified atom stereocenters. The van der Waals surface area contributed by atoms with Crippen molar-refractivity contribution in [1.29, 1.82) is 0 Å². The highest BCUT2D eigenvalue weighted by molar-refractivity contribution is 5.67. The van der Waals surface area contributed by atoms with Gasteiger partial charge < -0.3 is 10.8 Å². The molecule has 0 amide bonds. The lowest BCUT2D eigenvalue weighted by molar-refractivity contribution is -0.138. The van der Waals surface area contributed by atoms with E-state index >= 15 is 0 Å². The molecule has 3 N–H and O–H groups in total. The van der Waals surface area contributed by atoms with Crippen LogP contribution in [0.3, 0.4) is 0 Å². The Balaban J connectivity index is 3.81. The number of aliphatic carboxylic acids is 1. The fourth-order valence-corrected chi connectivity index (χ4v) is 1.46. The van der Waals surface area contributed by atoms with Gasteiger partial charge >= 0.3 is 5.97 Å². The SMILES string of the molecule is C=CC[C@@H](C)C[C@H](CN)CC(=O)O. The molecule has 3 nitrogen and oxygen atoms in total. The molecular formula is C10H19NO2. The monoisotopic (exact) mass is 185 g/mol. The van der Waals surface area contributed by atoms with Crippen LogP contribution >= 0.6 is 0 Å². The Morgan fingerprint density at radius 1 is 1.69 bits per heavy atom. The van der Waals surface area contributed by atoms with Gasteiger partial charge in [-0.3, -0.25) is 4.79 Å². The van der Waals surface area contributed by atoms with E-state index in [2.05, 4.69) is 13.5 Å². The predicted octanol–water partition coefficient (Wildman–Crippen LogP) is 1.64. The van der Waals surface area contributed by atoms with Crippen LogP contribution in [0.15, 0.2) is 12.7 Å². The fraction of sp³-hybridized carbons (Fsp3) is 0.700. The summed E-state index contributed by atoms with van der Waals surface area (Å²) in [4.78, 5) is 10.4. The molecule has 0 aliphatic carbocycles. The number of nitrogens with two attached hydrogens (primary N) is 1. The van der Waals surface area contributed by atoms with Gasteiger partial charge in [0.05, 0.1) is 0 Å². The van der Waals surface area contributed by atoms with Crippen LogP contribution in [-0.2, 0) is 4.79 Å². The zero-order valence-corrected chi connectivity index (χ0v) is 8.20. The van der Waals surface area contributed by atoms with Gasteiger partial charge in [0.2, 0.25) is 0 Å². The smallest absolute Gasteiger partial charge is 0.303 e. The topological polar surface area (TPSA) is 63.3 Å². The molecule has 0 saturated heterocycles. The zero-order valence-electron chi connectivity index (χ0n) is 8.20. The Bertz CT molecular complexity index is 168. The average molecular weight is 185 g/mol. The third kappa shape index (κ3) is 6.34. The Labute approximate surface area is 79.6 Å². The van der Waals surface area contributed by atoms with Crippen molar-refractivity contribution in [2.45, 2.75) is 26.2 Å². The van der Waals surface area contributed by atoms with E-state index in [1.807, 2.05) is 6.08 Å². The minimum Gasteiger partial charge on any atom is -0.481 e. The van der Waals surface area contributed by atoms with Gasteiger partial charge in [-0.15, -0.1) is 6.58 Å². The zero-order chi connectivity index (χ0) is 10.3. The highest BCUT2D eigenvalue weighted by Crippen LogP contribution is 2.17. The van der Waals surface area contributed by atoms with E-state index < -0.39 is 5.97 Å². The summed E-state index contributed by atoms with van der Waals surface area (Å²) in [5.41, 5.74) is 5.48. The van der Waals surface area contributed by atoms with Crippen molar-refractivity contribution in [3.63, 3.8) is 0 Å². The standard InChI is InChI=1S/C10H19NO2/c1-3-4-8(2)5-9(7-11)6-10(12)13/h3,8-9H,1,4-7,11H2,2H3,(H,12,13)/t8-,9+/m1/s1. The highest BCUT2D eigenvalue weighted by atomic mass is 16.4. The van der Waals surface area contributed by atoms with Gasteiger partial charge in [-0.2, -0.15) is 0 Å². The first-order valence-electron chi connectivity index (χ1n) is 4.62. The molecule has 0 aromatic rings. The average Bonchev–Trinajstić information content (AvgIpc) is 2.02. The predicted molar refractivity (Wildman–Crippen MR) is 53.4 cm³/mol. The first kappa shape index (κ1) is 12.2. The number of carboxylic acids is 1. The van der Waals surface area contributed by atoms with Crippen molar-refractivity contribution in [2.24, 2.45) is 17.6 Å². The molecule has 0 aliphatic heterocycles. The number of hydrogen-bond donors (Lipinski definition) is 2. The van der Waals surface area contributed by atoms with Crippen LogP contribution in [0, 0.1) is 11.8 Å². The number of hydrogen-bond acceptors (Lipinski definition) is 2. The molecule has 0 bridgehead atoms. The summed E-state index contributed by atoms with van der Waals surface area (Å²) in [7, 11) is 0. The third-order valence-electron chi connectivity index (χ3n) is 2.10. The van der Waals surface area contributed by atoms with Crippen LogP contribution < -0.4 is 5.73 Å². The van der Waals surface area contributed by atoms with Crippen molar-refractivity contribution in [1.82, 2.24) is 0 Å². The molecule has 3 heteroatoms. The minimum absolute atomic E-state index is 0.104. The maximum absolute atomic E-state index is 10.4. The Kier molecular flexibility index (Phi) is 6.24. The maximum Gasteiger partial charge on any atom is 0.303 e. The van der Waals surface area contributed by atoms with E-state index in [-0.39, 0.29) is 12.3 Å². The molecular weight excluding hydrogens is 166 g/mol. The summed E-state index contributed by atoms with van der Waals surface area (Å²) in [6.45, 7) is 6.19. The van der Waals surface area contributed by atoms with Gasteiger partial charge in [-0.05, 0) is 31.2 Å². The maximum atomic E-state index is 10.4. The van der Waals surface area contributed by atoms with E-state index in [0.29, 0.717) is 12.5 Å². The van der Waals surface area contributed by atoms with Crippen molar-refractivity contribution in [3.8, 4) is 0 Å². The molecule has 0 rings (SSSR count). The minimum atomic E-state index is -0.763. The van der Waals surface area contributed by atoms with Crippen LogP contribution in [-0.4, -0.2) is 17.6 Å². The summed E-state index contributed by atoms with van der Waals surface area (Å²) >= 11 is 0. The van der Waals surface area contributed by atoms with Crippen LogP contribution in [0.25, 0.3) is 0 Å². The first-order valence-corrected chi connectivity index (χ1v) is 4.62. The van der Waals surface area contributed by atoms with E-state index in [1.165, 1.54) is 0 Å². The Hall–Kier alpha value is -0.830. The van der Waals surface area contributed by atoms with E-state index in [0.717, 1.165) is 12.8 Å². The second-order valence-electron chi connectivity index (χ2n) is 3.56. The van der Waals surface area contributed by atoms with Gasteiger partial charge in [0, 0.05) is 6.42 Å². The van der Waals surface area contributed by atoms with E-state index in [1.54, 1.807) is 0 Å². The summed E-state index contributed by atoms with van der Waals surface area (Å²) in [5, 5.41) is 8.58. The van der Waals surface area contributed by atoms with E-state index in [9.17, 15) is 4.79 Å². The van der Waals surface area contributed by atoms with Crippen LogP contribution in [0.1, 0.15) is 26.2 Å². The number of allylic oxidation sites excluding steroid dienone is 1. The molecule has 2 atom stereocenters. The van der Waals surface area contributed by atoms with Gasteiger partial charge in [0.15, 0.2) is 0 Å². The van der Waals surface area contributed by atoms with E-state index in [4.69, 9.17) is 10.8 Å². The number of rotatable bonds is 7. The van der Waals surface area contributed by atoms with Gasteiger partial charge in [0.25, 0.3) is 0 Å². The van der Waals surface area contributed by atoms with Crippen LogP contribution in [0.2, 0.25) is 0 Å². The van der Waals surface area contributed by atoms with Crippen molar-refractivity contribution < 1.29 is 9.90 Å². The van der Waals surface area contributed by atoms with Crippen LogP contribution in [0.5, 0.6) is 0 Å². The Morgan fingerprint density at radius 2 is 2.31 bits per heavy atom. The molecule has 0 aliphatic rings. The molecule has 0 saturated carbocycles. The van der Waals surface area contributed by atoms with Crippen molar-refractivity contribution >= 4 is 5.97 Å². The molecule has 0 fully saturated rings. The molecule has 0 aromatic heterocycles. The molecule has 76 valence electrons. The summed E-state index contributed by atoms with van der Waals surface area (Å²) in [6, 6.07) is 0. The van der Waals surface area contributed by atoms with Crippen LogP contribution in [0.4, 0.5) is 0 Å². The second-order valence-corrected chi connectivity index (χ2v) is 3.56. The first-order chi connectivity index (χ1) is 6.10. The van der Waals surface area contributed by atoms with Gasteiger partial charge in [-0.25, -0.2) is 0 Å². The summed E-state index contributed by atoms with van der Waals surface area (Å²) in [6.07, 6.45) is 3.84. The van der Waals surface area contributed by atoms with Crippen molar-refractivity contribution in [2.75, 3.05) is 6.54 Å². The second kappa shape index (κ2) is 6.66. The summed E-state index contributed by atoms with van der Waals surface area (Å²) in [5.74, 6) is -0.181. The molecule has 0 spiro atoms. The lowest BCUT2D eigenvalue weighted by Gasteiger charge is -2.16. The summed E-state index contributed by atoms with van der Waals surface area (Å²) < 4.78 is 0. The molecule has 0 aromatic carbocycles. The third-order valence-corrected chi connectivity index (χ3v) is 2.10. The highest BCUT2D eigenvalue weighted by Gasteiger charge is 2.14. The Morgan fingerprint density at radius 3 is 2.69 bits per heavy atom. The normalized spacial score (nSPS) is 14.9. The largest absolute Gasteiger partial charge is 0.481 e. The number of carbonyl (C=O) groups is 1. The van der Waals surface area contributed by atoms with Gasteiger partial charge in [-0.1, -0.05) is 13.0 Å². The lowest BCUT2D eigenvalue weighted by atomic mass is 9.91.